The Kier molecular flexibility index (Phi) is 3.32. The van der Waals surface area contributed by atoms with Gasteiger partial charge in [0.2, 0.25) is 0 Å². The minimum Gasteiger partial charge on any atom is -0.497 e. The second-order valence-corrected chi connectivity index (χ2v) is 3.60. The standard InChI is InChI=1S/C13H16N2O2/c1-4-15-8-7-14-13(15)11-6-5-10(16-2)9-12(11)17-3/h5-9H,4H2,1-3H3. The van der Waals surface area contributed by atoms with Gasteiger partial charge in [0.25, 0.3) is 0 Å². The zero-order chi connectivity index (χ0) is 12.3. The molecule has 0 spiro atoms. The van der Waals surface area contributed by atoms with Gasteiger partial charge in [0.05, 0.1) is 19.8 Å². The molecule has 0 saturated heterocycles. The Morgan fingerprint density at radius 3 is 2.71 bits per heavy atom. The monoisotopic (exact) mass is 232 g/mol. The van der Waals surface area contributed by atoms with Gasteiger partial charge in [-0.3, -0.25) is 0 Å². The summed E-state index contributed by atoms with van der Waals surface area (Å²) in [5.74, 6) is 2.46. The van der Waals surface area contributed by atoms with Gasteiger partial charge in [-0.1, -0.05) is 0 Å². The Labute approximate surface area is 101 Å². The number of hydrogen-bond donors (Lipinski definition) is 0. The van der Waals surface area contributed by atoms with E-state index in [1.54, 1.807) is 20.4 Å². The molecule has 0 aliphatic carbocycles. The maximum atomic E-state index is 5.38. The average Bonchev–Trinajstić information content (AvgIpc) is 2.85. The highest BCUT2D eigenvalue weighted by molar-refractivity contribution is 5.66. The largest absolute Gasteiger partial charge is 0.497 e. The molecule has 2 rings (SSSR count). The number of aryl methyl sites for hydroxylation is 1. The molecule has 4 heteroatoms. The van der Waals surface area contributed by atoms with Gasteiger partial charge in [0.1, 0.15) is 17.3 Å². The first kappa shape index (κ1) is 11.5. The van der Waals surface area contributed by atoms with Gasteiger partial charge in [-0.15, -0.1) is 0 Å². The molecule has 1 aromatic carbocycles. The lowest BCUT2D eigenvalue weighted by molar-refractivity contribution is 0.395. The Hall–Kier alpha value is -1.97. The van der Waals surface area contributed by atoms with Crippen LogP contribution >= 0.6 is 0 Å². The third-order valence-electron chi connectivity index (χ3n) is 2.71. The molecular weight excluding hydrogens is 216 g/mol. The van der Waals surface area contributed by atoms with E-state index >= 15 is 0 Å². The summed E-state index contributed by atoms with van der Waals surface area (Å²) in [6.45, 7) is 2.96. The van der Waals surface area contributed by atoms with Gasteiger partial charge in [-0.05, 0) is 19.1 Å². The van der Waals surface area contributed by atoms with E-state index in [0.717, 1.165) is 29.4 Å². The molecule has 2 aromatic rings. The highest BCUT2D eigenvalue weighted by Crippen LogP contribution is 2.32. The summed E-state index contributed by atoms with van der Waals surface area (Å²) in [5, 5.41) is 0. The van der Waals surface area contributed by atoms with Crippen molar-refractivity contribution in [3.8, 4) is 22.9 Å². The molecule has 0 bridgehead atoms. The molecule has 1 heterocycles. The zero-order valence-corrected chi connectivity index (χ0v) is 10.3. The SMILES string of the molecule is CCn1ccnc1-c1ccc(OC)cc1OC. The molecule has 0 aliphatic heterocycles. The van der Waals surface area contributed by atoms with Gasteiger partial charge in [-0.25, -0.2) is 4.98 Å². The summed E-state index contributed by atoms with van der Waals surface area (Å²) in [6.07, 6.45) is 3.75. The van der Waals surface area contributed by atoms with Crippen LogP contribution in [-0.2, 0) is 6.54 Å². The molecule has 0 fully saturated rings. The quantitative estimate of drug-likeness (QED) is 0.813. The summed E-state index contributed by atoms with van der Waals surface area (Å²) in [5.41, 5.74) is 0.972. The van der Waals surface area contributed by atoms with Crippen LogP contribution in [0.3, 0.4) is 0 Å². The molecular formula is C13H16N2O2. The van der Waals surface area contributed by atoms with E-state index < -0.39 is 0 Å². The summed E-state index contributed by atoms with van der Waals surface area (Å²) >= 11 is 0. The zero-order valence-electron chi connectivity index (χ0n) is 10.3. The second kappa shape index (κ2) is 4.91. The molecule has 0 amide bonds. The van der Waals surface area contributed by atoms with Crippen LogP contribution in [0.5, 0.6) is 11.5 Å². The minimum absolute atomic E-state index is 0.769. The Morgan fingerprint density at radius 2 is 2.06 bits per heavy atom. The van der Waals surface area contributed by atoms with Crippen molar-refractivity contribution >= 4 is 0 Å². The fraction of sp³-hybridized carbons (Fsp3) is 0.308. The lowest BCUT2D eigenvalue weighted by Crippen LogP contribution is -1.98. The van der Waals surface area contributed by atoms with Crippen molar-refractivity contribution in [2.24, 2.45) is 0 Å². The van der Waals surface area contributed by atoms with Crippen molar-refractivity contribution in [1.29, 1.82) is 0 Å². The van der Waals surface area contributed by atoms with Crippen LogP contribution in [0, 0.1) is 0 Å². The van der Waals surface area contributed by atoms with Gasteiger partial charge >= 0.3 is 0 Å². The van der Waals surface area contributed by atoms with Crippen LogP contribution in [0.25, 0.3) is 11.4 Å². The van der Waals surface area contributed by atoms with Crippen LogP contribution in [-0.4, -0.2) is 23.8 Å². The minimum atomic E-state index is 0.769. The molecule has 0 aliphatic rings. The van der Waals surface area contributed by atoms with Gasteiger partial charge in [0.15, 0.2) is 0 Å². The van der Waals surface area contributed by atoms with Crippen LogP contribution < -0.4 is 9.47 Å². The smallest absolute Gasteiger partial charge is 0.143 e. The summed E-state index contributed by atoms with van der Waals surface area (Å²) < 4.78 is 12.6. The van der Waals surface area contributed by atoms with Crippen LogP contribution in [0.4, 0.5) is 0 Å². The Bertz CT molecular complexity index is 506. The molecule has 17 heavy (non-hydrogen) atoms. The molecule has 0 saturated carbocycles. The van der Waals surface area contributed by atoms with Crippen molar-refractivity contribution in [3.63, 3.8) is 0 Å². The van der Waals surface area contributed by atoms with Gasteiger partial charge in [-0.2, -0.15) is 0 Å². The molecule has 90 valence electrons. The van der Waals surface area contributed by atoms with E-state index in [-0.39, 0.29) is 0 Å². The first-order valence-corrected chi connectivity index (χ1v) is 5.53. The van der Waals surface area contributed by atoms with E-state index in [9.17, 15) is 0 Å². The van der Waals surface area contributed by atoms with Crippen molar-refractivity contribution in [2.75, 3.05) is 14.2 Å². The number of rotatable bonds is 4. The summed E-state index contributed by atoms with van der Waals surface area (Å²) in [7, 11) is 3.29. The van der Waals surface area contributed by atoms with Crippen molar-refractivity contribution in [1.82, 2.24) is 9.55 Å². The average molecular weight is 232 g/mol. The normalized spacial score (nSPS) is 10.3. The van der Waals surface area contributed by atoms with E-state index in [4.69, 9.17) is 9.47 Å². The maximum Gasteiger partial charge on any atom is 0.143 e. The predicted octanol–water partition coefficient (Wildman–Crippen LogP) is 2.59. The van der Waals surface area contributed by atoms with Gasteiger partial charge in [0, 0.05) is 25.0 Å². The number of methoxy groups -OCH3 is 2. The topological polar surface area (TPSA) is 36.3 Å². The maximum absolute atomic E-state index is 5.38. The van der Waals surface area contributed by atoms with Crippen molar-refractivity contribution in [3.05, 3.63) is 30.6 Å². The predicted molar refractivity (Wildman–Crippen MR) is 66.4 cm³/mol. The number of nitrogens with zero attached hydrogens (tertiary/aromatic N) is 2. The summed E-state index contributed by atoms with van der Waals surface area (Å²) in [6, 6.07) is 5.74. The third kappa shape index (κ3) is 2.11. The molecule has 0 atom stereocenters. The Morgan fingerprint density at radius 1 is 1.24 bits per heavy atom. The number of benzene rings is 1. The fourth-order valence-corrected chi connectivity index (χ4v) is 1.79. The lowest BCUT2D eigenvalue weighted by atomic mass is 10.1. The number of hydrogen-bond acceptors (Lipinski definition) is 3. The molecule has 0 radical (unpaired) electrons. The van der Waals surface area contributed by atoms with Gasteiger partial charge < -0.3 is 14.0 Å². The third-order valence-corrected chi connectivity index (χ3v) is 2.71. The number of imidazole rings is 1. The van der Waals surface area contributed by atoms with E-state index in [0.29, 0.717) is 0 Å². The molecule has 1 aromatic heterocycles. The highest BCUT2D eigenvalue weighted by Gasteiger charge is 2.11. The van der Waals surface area contributed by atoms with E-state index in [1.807, 2.05) is 24.4 Å². The van der Waals surface area contributed by atoms with Crippen LogP contribution in [0.2, 0.25) is 0 Å². The highest BCUT2D eigenvalue weighted by atomic mass is 16.5. The molecule has 4 nitrogen and oxygen atoms in total. The van der Waals surface area contributed by atoms with Crippen molar-refractivity contribution in [2.45, 2.75) is 13.5 Å². The van der Waals surface area contributed by atoms with Crippen LogP contribution in [0.15, 0.2) is 30.6 Å². The Balaban J connectivity index is 2.51. The first-order chi connectivity index (χ1) is 8.30. The molecule has 0 N–H and O–H groups in total. The second-order valence-electron chi connectivity index (χ2n) is 3.60. The van der Waals surface area contributed by atoms with Crippen molar-refractivity contribution < 1.29 is 9.47 Å². The van der Waals surface area contributed by atoms with Crippen LogP contribution in [0.1, 0.15) is 6.92 Å². The van der Waals surface area contributed by atoms with E-state index in [1.165, 1.54) is 0 Å². The molecule has 0 unspecified atom stereocenters. The summed E-state index contributed by atoms with van der Waals surface area (Å²) in [4.78, 5) is 4.36. The fourth-order valence-electron chi connectivity index (χ4n) is 1.79. The van der Waals surface area contributed by atoms with E-state index in [2.05, 4.69) is 16.5 Å². The lowest BCUT2D eigenvalue weighted by Gasteiger charge is -2.11. The number of aromatic nitrogens is 2. The number of ether oxygens (including phenoxy) is 2. The first-order valence-electron chi connectivity index (χ1n) is 5.53.